The maximum Gasteiger partial charge on any atom is 0.214 e. The minimum absolute atomic E-state index is 0.0793. The molecule has 0 saturated carbocycles. The molecule has 0 radical (unpaired) electrons. The van der Waals surface area contributed by atoms with E-state index in [-0.39, 0.29) is 6.04 Å². The summed E-state index contributed by atoms with van der Waals surface area (Å²) in [7, 11) is 4.84. The standard InChI is InChI=1S/C27H28N2O4/c1-16-10-11-18(12-17(16)2)21-15-22-20-8-6-7-9-23(20)33-27(29(22)28-21)19-13-24(30-3)26(32-5)25(14-19)31-4/h6-14,22,27H,15H2,1-5H3. The summed E-state index contributed by atoms with van der Waals surface area (Å²) < 4.78 is 23.2. The van der Waals surface area contributed by atoms with Gasteiger partial charge in [-0.2, -0.15) is 5.10 Å². The number of hydrogen-bond acceptors (Lipinski definition) is 6. The number of hydrogen-bond donors (Lipinski definition) is 0. The zero-order valence-corrected chi connectivity index (χ0v) is 19.6. The molecule has 33 heavy (non-hydrogen) atoms. The normalized spacial score (nSPS) is 18.7. The Morgan fingerprint density at radius 2 is 1.61 bits per heavy atom. The molecule has 2 heterocycles. The molecule has 0 N–H and O–H groups in total. The first kappa shape index (κ1) is 21.2. The van der Waals surface area contributed by atoms with Gasteiger partial charge in [-0.1, -0.05) is 30.3 Å². The van der Waals surface area contributed by atoms with Crippen LogP contribution in [0.5, 0.6) is 23.0 Å². The fraction of sp³-hybridized carbons (Fsp3) is 0.296. The quantitative estimate of drug-likeness (QED) is 0.515. The van der Waals surface area contributed by atoms with E-state index in [4.69, 9.17) is 24.0 Å². The molecule has 0 fully saturated rings. The number of benzene rings is 3. The van der Waals surface area contributed by atoms with E-state index >= 15 is 0 Å². The molecule has 5 rings (SSSR count). The highest BCUT2D eigenvalue weighted by atomic mass is 16.5. The lowest BCUT2D eigenvalue weighted by molar-refractivity contribution is -0.0192. The maximum atomic E-state index is 6.50. The third-order valence-electron chi connectivity index (χ3n) is 6.51. The molecule has 0 spiro atoms. The van der Waals surface area contributed by atoms with Crippen molar-refractivity contribution in [2.45, 2.75) is 32.5 Å². The van der Waals surface area contributed by atoms with Crippen LogP contribution in [0.25, 0.3) is 0 Å². The second-order valence-corrected chi connectivity index (χ2v) is 8.41. The molecule has 2 aliphatic heterocycles. The number of nitrogens with zero attached hydrogens (tertiary/aromatic N) is 2. The average Bonchev–Trinajstić information content (AvgIpc) is 3.30. The molecule has 0 aliphatic carbocycles. The predicted molar refractivity (Wildman–Crippen MR) is 128 cm³/mol. The number of ether oxygens (including phenoxy) is 4. The van der Waals surface area contributed by atoms with Gasteiger partial charge in [0, 0.05) is 17.5 Å². The van der Waals surface area contributed by atoms with Gasteiger partial charge in [0.2, 0.25) is 12.0 Å². The van der Waals surface area contributed by atoms with Gasteiger partial charge in [-0.05, 0) is 54.8 Å². The third-order valence-corrected chi connectivity index (χ3v) is 6.51. The van der Waals surface area contributed by atoms with Crippen LogP contribution in [-0.2, 0) is 0 Å². The first-order valence-corrected chi connectivity index (χ1v) is 11.0. The molecule has 6 nitrogen and oxygen atoms in total. The second kappa shape index (κ2) is 8.35. The van der Waals surface area contributed by atoms with Gasteiger partial charge >= 0.3 is 0 Å². The molecule has 0 saturated heterocycles. The lowest BCUT2D eigenvalue weighted by Gasteiger charge is -2.38. The van der Waals surface area contributed by atoms with Crippen molar-refractivity contribution in [2.24, 2.45) is 5.10 Å². The molecule has 3 aromatic rings. The van der Waals surface area contributed by atoms with Gasteiger partial charge in [-0.3, -0.25) is 0 Å². The minimum atomic E-state index is -0.428. The predicted octanol–water partition coefficient (Wildman–Crippen LogP) is 5.57. The molecule has 2 unspecified atom stereocenters. The van der Waals surface area contributed by atoms with Gasteiger partial charge in [0.15, 0.2) is 11.5 Å². The van der Waals surface area contributed by atoms with E-state index in [1.165, 1.54) is 11.1 Å². The van der Waals surface area contributed by atoms with E-state index in [1.807, 2.05) is 30.3 Å². The molecule has 0 bridgehead atoms. The molecule has 0 aromatic heterocycles. The van der Waals surface area contributed by atoms with Crippen LogP contribution in [0.3, 0.4) is 0 Å². The third kappa shape index (κ3) is 3.55. The fourth-order valence-electron chi connectivity index (χ4n) is 4.59. The van der Waals surface area contributed by atoms with Crippen LogP contribution < -0.4 is 18.9 Å². The van der Waals surface area contributed by atoms with Crippen molar-refractivity contribution in [1.29, 1.82) is 0 Å². The van der Waals surface area contributed by atoms with Crippen LogP contribution in [0.1, 0.15) is 46.5 Å². The number of para-hydroxylation sites is 1. The molecule has 2 atom stereocenters. The van der Waals surface area contributed by atoms with Crippen molar-refractivity contribution in [2.75, 3.05) is 21.3 Å². The van der Waals surface area contributed by atoms with E-state index in [9.17, 15) is 0 Å². The van der Waals surface area contributed by atoms with Crippen LogP contribution in [-0.4, -0.2) is 32.0 Å². The van der Waals surface area contributed by atoms with Crippen molar-refractivity contribution in [3.8, 4) is 23.0 Å². The Kier molecular flexibility index (Phi) is 5.36. The van der Waals surface area contributed by atoms with Crippen LogP contribution in [0.15, 0.2) is 59.7 Å². The summed E-state index contributed by atoms with van der Waals surface area (Å²) in [6.45, 7) is 4.27. The zero-order chi connectivity index (χ0) is 23.1. The highest BCUT2D eigenvalue weighted by molar-refractivity contribution is 6.02. The Hall–Kier alpha value is -3.67. The smallest absolute Gasteiger partial charge is 0.214 e. The summed E-state index contributed by atoms with van der Waals surface area (Å²) in [5.41, 5.74) is 6.77. The lowest BCUT2D eigenvalue weighted by Crippen LogP contribution is -2.33. The van der Waals surface area contributed by atoms with Crippen LogP contribution in [0.2, 0.25) is 0 Å². The maximum absolute atomic E-state index is 6.50. The zero-order valence-electron chi connectivity index (χ0n) is 19.6. The number of aryl methyl sites for hydroxylation is 2. The molecule has 0 amide bonds. The summed E-state index contributed by atoms with van der Waals surface area (Å²) in [6, 6.07) is 18.7. The molecular weight excluding hydrogens is 416 g/mol. The summed E-state index contributed by atoms with van der Waals surface area (Å²) in [5, 5.41) is 7.14. The topological polar surface area (TPSA) is 52.5 Å². The Morgan fingerprint density at radius 3 is 2.27 bits per heavy atom. The first-order valence-electron chi connectivity index (χ1n) is 11.0. The summed E-state index contributed by atoms with van der Waals surface area (Å²) in [4.78, 5) is 0. The van der Waals surface area contributed by atoms with E-state index in [1.54, 1.807) is 21.3 Å². The monoisotopic (exact) mass is 444 g/mol. The molecule has 6 heteroatoms. The highest BCUT2D eigenvalue weighted by Gasteiger charge is 2.41. The fourth-order valence-corrected chi connectivity index (χ4v) is 4.59. The van der Waals surface area contributed by atoms with Gasteiger partial charge in [-0.25, -0.2) is 5.01 Å². The Labute approximate surface area is 194 Å². The second-order valence-electron chi connectivity index (χ2n) is 8.41. The van der Waals surface area contributed by atoms with Crippen molar-refractivity contribution < 1.29 is 18.9 Å². The van der Waals surface area contributed by atoms with Gasteiger partial charge in [0.05, 0.1) is 33.1 Å². The van der Waals surface area contributed by atoms with Crippen LogP contribution in [0.4, 0.5) is 0 Å². The van der Waals surface area contributed by atoms with Gasteiger partial charge in [0.25, 0.3) is 0 Å². The molecular formula is C27H28N2O4. The van der Waals surface area contributed by atoms with Crippen molar-refractivity contribution >= 4 is 5.71 Å². The minimum Gasteiger partial charge on any atom is -0.493 e. The number of rotatable bonds is 5. The van der Waals surface area contributed by atoms with Crippen molar-refractivity contribution in [1.82, 2.24) is 5.01 Å². The Balaban J connectivity index is 1.62. The number of hydrazone groups is 1. The van der Waals surface area contributed by atoms with Gasteiger partial charge in [-0.15, -0.1) is 0 Å². The molecule has 3 aromatic carbocycles. The van der Waals surface area contributed by atoms with Crippen LogP contribution in [0, 0.1) is 13.8 Å². The molecule has 170 valence electrons. The Bertz CT molecular complexity index is 1210. The van der Waals surface area contributed by atoms with Gasteiger partial charge in [0.1, 0.15) is 5.75 Å². The summed E-state index contributed by atoms with van der Waals surface area (Å²) in [5.74, 6) is 2.60. The molecule has 2 aliphatic rings. The summed E-state index contributed by atoms with van der Waals surface area (Å²) in [6.07, 6.45) is 0.381. The average molecular weight is 445 g/mol. The summed E-state index contributed by atoms with van der Waals surface area (Å²) >= 11 is 0. The highest BCUT2D eigenvalue weighted by Crippen LogP contribution is 2.49. The van der Waals surface area contributed by atoms with Crippen molar-refractivity contribution in [3.63, 3.8) is 0 Å². The largest absolute Gasteiger partial charge is 0.493 e. The van der Waals surface area contributed by atoms with Gasteiger partial charge < -0.3 is 18.9 Å². The Morgan fingerprint density at radius 1 is 0.879 bits per heavy atom. The number of fused-ring (bicyclic) bond motifs is 3. The van der Waals surface area contributed by atoms with E-state index in [2.05, 4.69) is 43.1 Å². The lowest BCUT2D eigenvalue weighted by atomic mass is 9.94. The van der Waals surface area contributed by atoms with E-state index in [0.717, 1.165) is 34.6 Å². The SMILES string of the molecule is COc1cc(C2Oc3ccccc3C3CC(c4ccc(C)c(C)c4)=NN32)cc(OC)c1OC. The van der Waals surface area contributed by atoms with E-state index in [0.29, 0.717) is 17.2 Å². The van der Waals surface area contributed by atoms with E-state index < -0.39 is 6.23 Å². The first-order chi connectivity index (χ1) is 16.0. The number of methoxy groups -OCH3 is 3. The van der Waals surface area contributed by atoms with Crippen molar-refractivity contribution in [3.05, 3.63) is 82.4 Å². The van der Waals surface area contributed by atoms with Crippen LogP contribution >= 0.6 is 0 Å².